The van der Waals surface area contributed by atoms with Crippen molar-refractivity contribution < 1.29 is 33.4 Å². The fourth-order valence-corrected chi connectivity index (χ4v) is 3.02. The smallest absolute Gasteiger partial charge is 0.266 e. The third-order valence-electron chi connectivity index (χ3n) is 4.29. The number of amides is 4. The van der Waals surface area contributed by atoms with Gasteiger partial charge in [-0.05, 0) is 18.6 Å². The normalized spacial score (nSPS) is 18.7. The summed E-state index contributed by atoms with van der Waals surface area (Å²) in [5.41, 5.74) is 0.217. The van der Waals surface area contributed by atoms with Crippen molar-refractivity contribution in [1.29, 1.82) is 0 Å². The van der Waals surface area contributed by atoms with Crippen LogP contribution in [0.5, 0.6) is 5.75 Å². The van der Waals surface area contributed by atoms with Crippen molar-refractivity contribution in [3.05, 3.63) is 29.3 Å². The number of ether oxygens (including phenoxy) is 3. The quantitative estimate of drug-likeness (QED) is 0.292. The maximum absolute atomic E-state index is 12.8. The van der Waals surface area contributed by atoms with E-state index in [2.05, 4.69) is 11.2 Å². The van der Waals surface area contributed by atoms with Crippen LogP contribution in [0.25, 0.3) is 0 Å². The van der Waals surface area contributed by atoms with Crippen molar-refractivity contribution in [1.82, 2.24) is 10.2 Å². The standard InChI is InChI=1S/C19H18N2O7/c1-2-8-26-9-10-27-11-28-14-5-3-4-12-16(14)19(25)21(18(12)24)13-6-7-15(22)20-17(13)23/h1,3-5,13H,6-11H2,(H,20,22,23). The molecule has 9 heteroatoms. The van der Waals surface area contributed by atoms with Crippen molar-refractivity contribution in [2.45, 2.75) is 18.9 Å². The molecule has 0 bridgehead atoms. The van der Waals surface area contributed by atoms with Crippen molar-refractivity contribution in [2.75, 3.05) is 26.6 Å². The summed E-state index contributed by atoms with van der Waals surface area (Å²) in [4.78, 5) is 49.8. The maximum atomic E-state index is 12.8. The zero-order chi connectivity index (χ0) is 20.1. The third-order valence-corrected chi connectivity index (χ3v) is 4.29. The number of terminal acetylenes is 1. The first-order valence-corrected chi connectivity index (χ1v) is 8.61. The Morgan fingerprint density at radius 3 is 2.68 bits per heavy atom. The molecule has 146 valence electrons. The van der Waals surface area contributed by atoms with E-state index in [-0.39, 0.29) is 49.7 Å². The number of benzene rings is 1. The molecule has 0 aliphatic carbocycles. The molecule has 2 aliphatic rings. The van der Waals surface area contributed by atoms with E-state index in [1.165, 1.54) is 12.1 Å². The number of rotatable bonds is 8. The van der Waals surface area contributed by atoms with Gasteiger partial charge in [0.05, 0.1) is 24.3 Å². The molecule has 2 heterocycles. The molecule has 1 atom stereocenters. The predicted molar refractivity (Wildman–Crippen MR) is 94.2 cm³/mol. The van der Waals surface area contributed by atoms with Crippen LogP contribution >= 0.6 is 0 Å². The molecule has 28 heavy (non-hydrogen) atoms. The highest BCUT2D eigenvalue weighted by molar-refractivity contribution is 6.24. The number of carbonyl (C=O) groups excluding carboxylic acids is 4. The van der Waals surface area contributed by atoms with Crippen molar-refractivity contribution in [2.24, 2.45) is 0 Å². The molecule has 1 N–H and O–H groups in total. The Hall–Kier alpha value is -3.22. The molecular weight excluding hydrogens is 368 g/mol. The Labute approximate surface area is 160 Å². The van der Waals surface area contributed by atoms with Crippen LogP contribution < -0.4 is 10.1 Å². The van der Waals surface area contributed by atoms with Crippen LogP contribution in [0, 0.1) is 12.3 Å². The Balaban J connectivity index is 1.67. The summed E-state index contributed by atoms with van der Waals surface area (Å²) in [6.45, 7) is 0.562. The second-order valence-corrected chi connectivity index (χ2v) is 6.05. The summed E-state index contributed by atoms with van der Waals surface area (Å²) in [6.07, 6.45) is 5.21. The first-order valence-electron chi connectivity index (χ1n) is 8.61. The molecule has 1 aromatic carbocycles. The molecule has 0 spiro atoms. The van der Waals surface area contributed by atoms with E-state index in [4.69, 9.17) is 20.6 Å². The number of hydrogen-bond acceptors (Lipinski definition) is 7. The molecule has 9 nitrogen and oxygen atoms in total. The van der Waals surface area contributed by atoms with E-state index in [1.54, 1.807) is 6.07 Å². The van der Waals surface area contributed by atoms with Crippen LogP contribution in [0.4, 0.5) is 0 Å². The highest BCUT2D eigenvalue weighted by Gasteiger charge is 2.45. The molecule has 1 fully saturated rings. The van der Waals surface area contributed by atoms with Gasteiger partial charge < -0.3 is 14.2 Å². The Kier molecular flexibility index (Phi) is 6.03. The van der Waals surface area contributed by atoms with E-state index in [0.29, 0.717) is 6.61 Å². The van der Waals surface area contributed by atoms with E-state index in [9.17, 15) is 19.2 Å². The second kappa shape index (κ2) is 8.65. The van der Waals surface area contributed by atoms with Crippen LogP contribution in [-0.2, 0) is 19.1 Å². The topological polar surface area (TPSA) is 111 Å². The van der Waals surface area contributed by atoms with Crippen LogP contribution in [-0.4, -0.2) is 61.2 Å². The summed E-state index contributed by atoms with van der Waals surface area (Å²) in [6, 6.07) is 3.57. The fraction of sp³-hybridized carbons (Fsp3) is 0.368. The molecule has 1 unspecified atom stereocenters. The maximum Gasteiger partial charge on any atom is 0.266 e. The lowest BCUT2D eigenvalue weighted by atomic mass is 10.0. The highest BCUT2D eigenvalue weighted by Crippen LogP contribution is 2.33. The lowest BCUT2D eigenvalue weighted by Crippen LogP contribution is -2.54. The highest BCUT2D eigenvalue weighted by atomic mass is 16.7. The summed E-state index contributed by atoms with van der Waals surface area (Å²) in [5, 5.41) is 2.15. The van der Waals surface area contributed by atoms with E-state index in [0.717, 1.165) is 4.90 Å². The second-order valence-electron chi connectivity index (χ2n) is 6.05. The SMILES string of the molecule is C#CCOCCOCOc1cccc2c1C(=O)N(C1CCC(=O)NC1=O)C2=O. The van der Waals surface area contributed by atoms with Gasteiger partial charge in [-0.1, -0.05) is 12.0 Å². The van der Waals surface area contributed by atoms with Gasteiger partial charge in [0, 0.05) is 6.42 Å². The zero-order valence-corrected chi connectivity index (χ0v) is 14.9. The summed E-state index contributed by atoms with van der Waals surface area (Å²) in [5.74, 6) is 0.185. The number of carbonyl (C=O) groups is 4. The van der Waals surface area contributed by atoms with Crippen molar-refractivity contribution >= 4 is 23.6 Å². The molecule has 0 aromatic heterocycles. The monoisotopic (exact) mass is 386 g/mol. The lowest BCUT2D eigenvalue weighted by molar-refractivity contribution is -0.136. The van der Waals surface area contributed by atoms with Gasteiger partial charge in [0.1, 0.15) is 18.4 Å². The summed E-state index contributed by atoms with van der Waals surface area (Å²) < 4.78 is 15.8. The lowest BCUT2D eigenvalue weighted by Gasteiger charge is -2.27. The van der Waals surface area contributed by atoms with Crippen LogP contribution in [0.15, 0.2) is 18.2 Å². The fourth-order valence-electron chi connectivity index (χ4n) is 3.02. The number of piperidine rings is 1. The molecule has 1 saturated heterocycles. The first-order chi connectivity index (χ1) is 13.5. The van der Waals surface area contributed by atoms with Gasteiger partial charge in [0.25, 0.3) is 11.8 Å². The van der Waals surface area contributed by atoms with Gasteiger partial charge in [-0.2, -0.15) is 0 Å². The van der Waals surface area contributed by atoms with Crippen LogP contribution in [0.2, 0.25) is 0 Å². The van der Waals surface area contributed by atoms with Gasteiger partial charge in [-0.15, -0.1) is 6.42 Å². The van der Waals surface area contributed by atoms with E-state index in [1.807, 2.05) is 0 Å². The zero-order valence-electron chi connectivity index (χ0n) is 14.9. The van der Waals surface area contributed by atoms with Gasteiger partial charge >= 0.3 is 0 Å². The average Bonchev–Trinajstić information content (AvgIpc) is 2.93. The number of nitrogens with zero attached hydrogens (tertiary/aromatic N) is 1. The number of imide groups is 2. The Morgan fingerprint density at radius 1 is 1.14 bits per heavy atom. The van der Waals surface area contributed by atoms with Gasteiger partial charge in [0.2, 0.25) is 11.8 Å². The Morgan fingerprint density at radius 2 is 1.93 bits per heavy atom. The van der Waals surface area contributed by atoms with Crippen molar-refractivity contribution in [3.63, 3.8) is 0 Å². The van der Waals surface area contributed by atoms with Gasteiger partial charge in [-0.3, -0.25) is 29.4 Å². The molecule has 2 aliphatic heterocycles. The first kappa shape index (κ1) is 19.5. The average molecular weight is 386 g/mol. The molecular formula is C19H18N2O7. The third kappa shape index (κ3) is 3.88. The Bertz CT molecular complexity index is 858. The van der Waals surface area contributed by atoms with E-state index >= 15 is 0 Å². The minimum atomic E-state index is -1.03. The molecule has 1 aromatic rings. The minimum absolute atomic E-state index is 0.0583. The largest absolute Gasteiger partial charge is 0.467 e. The van der Waals surface area contributed by atoms with Gasteiger partial charge in [-0.25, -0.2) is 0 Å². The predicted octanol–water partition coefficient (Wildman–Crippen LogP) is 0.0905. The number of hydrogen-bond donors (Lipinski definition) is 1. The number of nitrogens with one attached hydrogen (secondary N) is 1. The van der Waals surface area contributed by atoms with Crippen LogP contribution in [0.1, 0.15) is 33.6 Å². The summed E-state index contributed by atoms with van der Waals surface area (Å²) in [7, 11) is 0. The van der Waals surface area contributed by atoms with E-state index < -0.39 is 29.7 Å². The molecule has 3 rings (SSSR count). The molecule has 0 saturated carbocycles. The molecule has 0 radical (unpaired) electrons. The van der Waals surface area contributed by atoms with Crippen LogP contribution in [0.3, 0.4) is 0 Å². The minimum Gasteiger partial charge on any atom is -0.467 e. The summed E-state index contributed by atoms with van der Waals surface area (Å²) >= 11 is 0. The van der Waals surface area contributed by atoms with Crippen molar-refractivity contribution in [3.8, 4) is 18.1 Å². The van der Waals surface area contributed by atoms with Gasteiger partial charge in [0.15, 0.2) is 6.79 Å². The molecule has 4 amide bonds. The number of fused-ring (bicyclic) bond motifs is 1.